The van der Waals surface area contributed by atoms with E-state index in [0.717, 1.165) is 0 Å². The summed E-state index contributed by atoms with van der Waals surface area (Å²) in [5, 5.41) is 5.70. The summed E-state index contributed by atoms with van der Waals surface area (Å²) in [7, 11) is 0. The molecular weight excluding hydrogens is 358 g/mol. The minimum Gasteiger partial charge on any atom is -0.457 e. The number of para-hydroxylation sites is 1. The molecule has 4 N–H and O–H groups in total. The number of nitrogens with two attached hydrogens (primary N) is 1. The van der Waals surface area contributed by atoms with Gasteiger partial charge in [0, 0.05) is 5.56 Å². The van der Waals surface area contributed by atoms with Gasteiger partial charge in [0.05, 0.1) is 18.1 Å². The van der Waals surface area contributed by atoms with Crippen LogP contribution in [0.1, 0.15) is 23.2 Å². The molecule has 3 atom stereocenters. The van der Waals surface area contributed by atoms with Crippen molar-refractivity contribution in [1.82, 2.24) is 10.6 Å². The molecular formula is C21H21N3O4. The first-order chi connectivity index (χ1) is 13.5. The fraction of sp³-hybridized carbons (Fsp3) is 0.286. The monoisotopic (exact) mass is 379 g/mol. The smallest absolute Gasteiger partial charge is 0.251 e. The molecule has 144 valence electrons. The third-order valence-electron chi connectivity index (χ3n) is 5.40. The summed E-state index contributed by atoms with van der Waals surface area (Å²) in [6.45, 7) is -0.0872. The highest BCUT2D eigenvalue weighted by Gasteiger charge is 2.65. The summed E-state index contributed by atoms with van der Waals surface area (Å²) in [4.78, 5) is 36.1. The Balaban J connectivity index is 1.31. The van der Waals surface area contributed by atoms with E-state index >= 15 is 0 Å². The molecule has 0 radical (unpaired) electrons. The number of primary amides is 1. The molecule has 1 saturated carbocycles. The Morgan fingerprint density at radius 2 is 1.75 bits per heavy atom. The molecule has 1 saturated heterocycles. The summed E-state index contributed by atoms with van der Waals surface area (Å²) in [6, 6.07) is 15.6. The van der Waals surface area contributed by atoms with Crippen molar-refractivity contribution in [3.63, 3.8) is 0 Å². The lowest BCUT2D eigenvalue weighted by molar-refractivity contribution is -0.122. The number of hydrogen-bond donors (Lipinski definition) is 3. The van der Waals surface area contributed by atoms with Gasteiger partial charge >= 0.3 is 0 Å². The highest BCUT2D eigenvalue weighted by molar-refractivity contribution is 6.01. The molecule has 4 rings (SSSR count). The standard InChI is InChI=1S/C21H21N3O4/c22-19(26)17-10-14-11-21(14,24-17)18(25)12-23-20(27)13-6-8-16(9-7-13)28-15-4-2-1-3-5-15/h1-9,14,17,24H,10-12H2,(H2,22,26)(H,23,27). The number of piperidine rings is 1. The number of nitrogens with one attached hydrogen (secondary N) is 2. The Labute approximate surface area is 162 Å². The van der Waals surface area contributed by atoms with Gasteiger partial charge in [-0.25, -0.2) is 0 Å². The third-order valence-corrected chi connectivity index (χ3v) is 5.40. The summed E-state index contributed by atoms with van der Waals surface area (Å²) >= 11 is 0. The summed E-state index contributed by atoms with van der Waals surface area (Å²) in [5.41, 5.74) is 5.05. The van der Waals surface area contributed by atoms with E-state index in [1.807, 2.05) is 30.3 Å². The number of ketones is 1. The van der Waals surface area contributed by atoms with E-state index in [2.05, 4.69) is 10.6 Å². The number of rotatable bonds is 7. The first kappa shape index (κ1) is 18.2. The molecule has 2 fully saturated rings. The van der Waals surface area contributed by atoms with Crippen LogP contribution in [0.2, 0.25) is 0 Å². The SMILES string of the molecule is NC(=O)C1CC2CC2(C(=O)CNC(=O)c2ccc(Oc3ccccc3)cc2)N1. The number of ether oxygens (including phenoxy) is 1. The van der Waals surface area contributed by atoms with Gasteiger partial charge in [0.2, 0.25) is 5.91 Å². The van der Waals surface area contributed by atoms with E-state index in [0.29, 0.717) is 29.9 Å². The number of fused-ring (bicyclic) bond motifs is 1. The van der Waals surface area contributed by atoms with Crippen molar-refractivity contribution in [3.8, 4) is 11.5 Å². The van der Waals surface area contributed by atoms with Gasteiger partial charge in [-0.05, 0) is 55.2 Å². The molecule has 0 bridgehead atoms. The second kappa shape index (κ2) is 7.09. The fourth-order valence-electron chi connectivity index (χ4n) is 3.77. The van der Waals surface area contributed by atoms with Crippen molar-refractivity contribution >= 4 is 17.6 Å². The molecule has 0 aromatic heterocycles. The Hall–Kier alpha value is -3.19. The highest BCUT2D eigenvalue weighted by atomic mass is 16.5. The Kier molecular flexibility index (Phi) is 4.60. The average Bonchev–Trinajstić information content (AvgIpc) is 3.28. The van der Waals surface area contributed by atoms with Crippen LogP contribution in [0.3, 0.4) is 0 Å². The maximum Gasteiger partial charge on any atom is 0.251 e. The average molecular weight is 379 g/mol. The molecule has 0 spiro atoms. The van der Waals surface area contributed by atoms with Gasteiger partial charge < -0.3 is 15.8 Å². The number of carbonyl (C=O) groups excluding carboxylic acids is 3. The molecule has 2 amide bonds. The van der Waals surface area contributed by atoms with E-state index in [4.69, 9.17) is 10.5 Å². The lowest BCUT2D eigenvalue weighted by Gasteiger charge is -2.16. The quantitative estimate of drug-likeness (QED) is 0.673. The van der Waals surface area contributed by atoms with Crippen molar-refractivity contribution in [2.75, 3.05) is 6.54 Å². The van der Waals surface area contributed by atoms with Crippen LogP contribution < -0.4 is 21.1 Å². The Morgan fingerprint density at radius 3 is 2.39 bits per heavy atom. The number of amides is 2. The molecule has 1 aliphatic carbocycles. The highest BCUT2D eigenvalue weighted by Crippen LogP contribution is 2.52. The van der Waals surface area contributed by atoms with Gasteiger partial charge in [-0.1, -0.05) is 18.2 Å². The van der Waals surface area contributed by atoms with Crippen LogP contribution in [0, 0.1) is 5.92 Å². The van der Waals surface area contributed by atoms with Gasteiger partial charge in [0.25, 0.3) is 5.91 Å². The maximum absolute atomic E-state index is 12.5. The lowest BCUT2D eigenvalue weighted by Crippen LogP contribution is -2.49. The number of Topliss-reactive ketones (excluding diaryl/α,β-unsaturated/α-hetero) is 1. The molecule has 1 heterocycles. The number of hydrogen-bond acceptors (Lipinski definition) is 5. The third kappa shape index (κ3) is 3.48. The summed E-state index contributed by atoms with van der Waals surface area (Å²) in [5.74, 6) is 0.564. The van der Waals surface area contributed by atoms with Gasteiger partial charge in [0.15, 0.2) is 5.78 Å². The van der Waals surface area contributed by atoms with Crippen molar-refractivity contribution in [3.05, 3.63) is 60.2 Å². The summed E-state index contributed by atoms with van der Waals surface area (Å²) < 4.78 is 5.70. The predicted molar refractivity (Wildman–Crippen MR) is 102 cm³/mol. The molecule has 7 heteroatoms. The molecule has 7 nitrogen and oxygen atoms in total. The van der Waals surface area contributed by atoms with Crippen LogP contribution in [0.25, 0.3) is 0 Å². The first-order valence-corrected chi connectivity index (χ1v) is 9.19. The molecule has 2 aliphatic rings. The van der Waals surface area contributed by atoms with Crippen molar-refractivity contribution < 1.29 is 19.1 Å². The Morgan fingerprint density at radius 1 is 1.07 bits per heavy atom. The second-order valence-electron chi connectivity index (χ2n) is 7.25. The van der Waals surface area contributed by atoms with Crippen LogP contribution in [-0.4, -0.2) is 35.7 Å². The van der Waals surface area contributed by atoms with Gasteiger partial charge in [-0.2, -0.15) is 0 Å². The van der Waals surface area contributed by atoms with Gasteiger partial charge in [0.1, 0.15) is 11.5 Å². The van der Waals surface area contributed by atoms with Crippen molar-refractivity contribution in [1.29, 1.82) is 0 Å². The number of carbonyl (C=O) groups is 3. The second-order valence-corrected chi connectivity index (χ2v) is 7.25. The summed E-state index contributed by atoms with van der Waals surface area (Å²) in [6.07, 6.45) is 1.27. The van der Waals surface area contributed by atoms with Crippen molar-refractivity contribution in [2.24, 2.45) is 11.7 Å². The molecule has 28 heavy (non-hydrogen) atoms. The molecule has 3 unspecified atom stereocenters. The molecule has 2 aromatic carbocycles. The minimum absolute atomic E-state index is 0.0872. The van der Waals surface area contributed by atoms with Crippen molar-refractivity contribution in [2.45, 2.75) is 24.4 Å². The normalized spacial score (nSPS) is 24.9. The predicted octanol–water partition coefficient (Wildman–Crippen LogP) is 1.38. The zero-order valence-electron chi connectivity index (χ0n) is 15.2. The largest absolute Gasteiger partial charge is 0.457 e. The van der Waals surface area contributed by atoms with Crippen LogP contribution in [-0.2, 0) is 9.59 Å². The maximum atomic E-state index is 12.5. The fourth-order valence-corrected chi connectivity index (χ4v) is 3.77. The van der Waals surface area contributed by atoms with Gasteiger partial charge in [-0.15, -0.1) is 0 Å². The van der Waals surface area contributed by atoms with Crippen LogP contribution in [0.5, 0.6) is 11.5 Å². The molecule has 2 aromatic rings. The minimum atomic E-state index is -0.694. The van der Waals surface area contributed by atoms with E-state index in [1.165, 1.54) is 0 Å². The van der Waals surface area contributed by atoms with E-state index < -0.39 is 17.5 Å². The molecule has 1 aliphatic heterocycles. The topological polar surface area (TPSA) is 111 Å². The zero-order chi connectivity index (χ0) is 19.7. The van der Waals surface area contributed by atoms with E-state index in [9.17, 15) is 14.4 Å². The van der Waals surface area contributed by atoms with Gasteiger partial charge in [-0.3, -0.25) is 19.7 Å². The van der Waals surface area contributed by atoms with E-state index in [1.54, 1.807) is 24.3 Å². The Bertz CT molecular complexity index is 913. The van der Waals surface area contributed by atoms with Crippen LogP contribution >= 0.6 is 0 Å². The lowest BCUT2D eigenvalue weighted by atomic mass is 10.1. The first-order valence-electron chi connectivity index (χ1n) is 9.19. The van der Waals surface area contributed by atoms with Crippen LogP contribution in [0.15, 0.2) is 54.6 Å². The van der Waals surface area contributed by atoms with Crippen LogP contribution in [0.4, 0.5) is 0 Å². The van der Waals surface area contributed by atoms with E-state index in [-0.39, 0.29) is 24.2 Å². The zero-order valence-corrected chi connectivity index (χ0v) is 15.2. The number of benzene rings is 2.